The summed E-state index contributed by atoms with van der Waals surface area (Å²) in [5, 5.41) is 4.67. The van der Waals surface area contributed by atoms with E-state index in [1.165, 1.54) is 0 Å². The number of nitrogens with zero attached hydrogens (tertiary/aromatic N) is 3. The first-order valence-electron chi connectivity index (χ1n) is 8.11. The maximum atomic E-state index is 8.58. The van der Waals surface area contributed by atoms with E-state index < -0.39 is 0 Å². The van der Waals surface area contributed by atoms with Crippen LogP contribution in [0.25, 0.3) is 21.4 Å². The fraction of sp³-hybridized carbons (Fsp3) is 0.263. The third kappa shape index (κ3) is 3.87. The highest BCUT2D eigenvalue weighted by atomic mass is 16.5. The van der Waals surface area contributed by atoms with Crippen LogP contribution < -0.4 is 9.47 Å². The number of benzene rings is 2. The van der Waals surface area contributed by atoms with E-state index in [-0.39, 0.29) is 6.04 Å². The van der Waals surface area contributed by atoms with Crippen LogP contribution in [0.3, 0.4) is 0 Å². The smallest absolute Gasteiger partial charge is 0.134 e. The van der Waals surface area contributed by atoms with Gasteiger partial charge in [0.25, 0.3) is 0 Å². The lowest BCUT2D eigenvalue weighted by Crippen LogP contribution is -1.96. The molecule has 3 rings (SSSR count). The first-order chi connectivity index (χ1) is 12.2. The van der Waals surface area contributed by atoms with Crippen molar-refractivity contribution < 1.29 is 13.9 Å². The molecule has 0 saturated carbocycles. The Labute approximate surface area is 145 Å². The van der Waals surface area contributed by atoms with Crippen molar-refractivity contribution in [2.24, 2.45) is 5.11 Å². The number of hydrogen-bond donors (Lipinski definition) is 0. The van der Waals surface area contributed by atoms with Crippen LogP contribution in [0.2, 0.25) is 0 Å². The third-order valence-electron chi connectivity index (χ3n) is 3.89. The molecule has 0 aliphatic carbocycles. The normalized spacial score (nSPS) is 11.8. The van der Waals surface area contributed by atoms with E-state index in [1.807, 2.05) is 56.3 Å². The summed E-state index contributed by atoms with van der Waals surface area (Å²) in [7, 11) is 0. The molecule has 0 aliphatic heterocycles. The zero-order valence-corrected chi connectivity index (χ0v) is 14.2. The van der Waals surface area contributed by atoms with E-state index in [2.05, 4.69) is 10.0 Å². The molecule has 1 aromatic heterocycles. The predicted molar refractivity (Wildman–Crippen MR) is 95.7 cm³/mol. The molecule has 2 aromatic carbocycles. The van der Waals surface area contributed by atoms with Gasteiger partial charge < -0.3 is 13.9 Å². The van der Waals surface area contributed by atoms with Gasteiger partial charge in [-0.15, -0.1) is 0 Å². The molecule has 25 heavy (non-hydrogen) atoms. The van der Waals surface area contributed by atoms with Gasteiger partial charge in [0, 0.05) is 15.9 Å². The lowest BCUT2D eigenvalue weighted by Gasteiger charge is -2.08. The largest absolute Gasteiger partial charge is 0.494 e. The second-order valence-electron chi connectivity index (χ2n) is 5.60. The van der Waals surface area contributed by atoms with Gasteiger partial charge in [-0.05, 0) is 48.4 Å². The van der Waals surface area contributed by atoms with Crippen LogP contribution in [0.5, 0.6) is 11.5 Å². The third-order valence-corrected chi connectivity index (χ3v) is 3.89. The molecule has 1 atom stereocenters. The molecule has 6 heteroatoms. The summed E-state index contributed by atoms with van der Waals surface area (Å²) in [6.07, 6.45) is 1.64. The number of furan rings is 1. The number of ether oxygens (including phenoxy) is 2. The topological polar surface area (TPSA) is 80.4 Å². The average molecular weight is 337 g/mol. The van der Waals surface area contributed by atoms with Gasteiger partial charge in [-0.3, -0.25) is 0 Å². The Morgan fingerprint density at radius 2 is 1.84 bits per heavy atom. The van der Waals surface area contributed by atoms with Crippen LogP contribution in [0.15, 0.2) is 58.3 Å². The van der Waals surface area contributed by atoms with Crippen LogP contribution in [-0.4, -0.2) is 6.61 Å². The first kappa shape index (κ1) is 16.7. The van der Waals surface area contributed by atoms with Crippen molar-refractivity contribution in [1.29, 1.82) is 0 Å². The minimum absolute atomic E-state index is 0.266. The highest BCUT2D eigenvalue weighted by Crippen LogP contribution is 2.29. The number of rotatable bonds is 7. The molecule has 1 unspecified atom stereocenters. The van der Waals surface area contributed by atoms with Gasteiger partial charge >= 0.3 is 0 Å². The SMILES string of the molecule is CCOc1ccc(OCc2ccc3c(C(C)N=[N+]=[N-])coc3c2)cc1. The van der Waals surface area contributed by atoms with Crippen molar-refractivity contribution in [1.82, 2.24) is 0 Å². The minimum atomic E-state index is -0.266. The van der Waals surface area contributed by atoms with Gasteiger partial charge in [0.15, 0.2) is 0 Å². The van der Waals surface area contributed by atoms with Crippen molar-refractivity contribution in [3.05, 3.63) is 70.3 Å². The number of fused-ring (bicyclic) bond motifs is 1. The molecule has 0 N–H and O–H groups in total. The zero-order valence-electron chi connectivity index (χ0n) is 14.2. The van der Waals surface area contributed by atoms with Crippen LogP contribution in [0, 0.1) is 0 Å². The molecular weight excluding hydrogens is 318 g/mol. The van der Waals surface area contributed by atoms with Crippen molar-refractivity contribution in [3.63, 3.8) is 0 Å². The minimum Gasteiger partial charge on any atom is -0.494 e. The number of hydrogen-bond acceptors (Lipinski definition) is 4. The van der Waals surface area contributed by atoms with Crippen LogP contribution in [0.1, 0.15) is 31.0 Å². The lowest BCUT2D eigenvalue weighted by molar-refractivity contribution is 0.304. The van der Waals surface area contributed by atoms with E-state index in [1.54, 1.807) is 6.26 Å². The highest BCUT2D eigenvalue weighted by Gasteiger charge is 2.12. The molecule has 0 saturated heterocycles. The van der Waals surface area contributed by atoms with Gasteiger partial charge in [-0.25, -0.2) is 0 Å². The molecule has 6 nitrogen and oxygen atoms in total. The monoisotopic (exact) mass is 337 g/mol. The molecule has 0 aliphatic rings. The highest BCUT2D eigenvalue weighted by molar-refractivity contribution is 5.82. The van der Waals surface area contributed by atoms with E-state index in [0.717, 1.165) is 33.6 Å². The Morgan fingerprint density at radius 1 is 1.12 bits per heavy atom. The maximum absolute atomic E-state index is 8.58. The quantitative estimate of drug-likeness (QED) is 0.311. The van der Waals surface area contributed by atoms with Gasteiger partial charge in [0.05, 0.1) is 18.9 Å². The van der Waals surface area contributed by atoms with Crippen LogP contribution >= 0.6 is 0 Å². The standard InChI is InChI=1S/C19H19N3O3/c1-3-23-15-5-7-16(8-6-15)24-11-14-4-9-17-18(13(2)21-22-20)12-25-19(17)10-14/h4-10,12-13H,3,11H2,1-2H3. The summed E-state index contributed by atoms with van der Waals surface area (Å²) >= 11 is 0. The molecule has 128 valence electrons. The summed E-state index contributed by atoms with van der Waals surface area (Å²) < 4.78 is 16.8. The molecule has 0 bridgehead atoms. The van der Waals surface area contributed by atoms with Gasteiger partial charge in [0.1, 0.15) is 23.7 Å². The van der Waals surface area contributed by atoms with Crippen molar-refractivity contribution in [3.8, 4) is 11.5 Å². The molecule has 0 radical (unpaired) electrons. The molecule has 0 amide bonds. The fourth-order valence-corrected chi connectivity index (χ4v) is 2.61. The predicted octanol–water partition coefficient (Wildman–Crippen LogP) is 5.78. The van der Waals surface area contributed by atoms with Gasteiger partial charge in [0.2, 0.25) is 0 Å². The summed E-state index contributed by atoms with van der Waals surface area (Å²) in [4.78, 5) is 2.85. The average Bonchev–Trinajstić information content (AvgIpc) is 3.05. The maximum Gasteiger partial charge on any atom is 0.134 e. The summed E-state index contributed by atoms with van der Waals surface area (Å²) in [6, 6.07) is 13.2. The second-order valence-corrected chi connectivity index (χ2v) is 5.60. The van der Waals surface area contributed by atoms with Gasteiger partial charge in [-0.1, -0.05) is 24.2 Å². The summed E-state index contributed by atoms with van der Waals surface area (Å²) in [5.41, 5.74) is 11.2. The van der Waals surface area contributed by atoms with Crippen molar-refractivity contribution >= 4 is 11.0 Å². The molecule has 1 heterocycles. The fourth-order valence-electron chi connectivity index (χ4n) is 2.61. The summed E-state index contributed by atoms with van der Waals surface area (Å²) in [5.74, 6) is 1.61. The zero-order chi connectivity index (χ0) is 17.6. The van der Waals surface area contributed by atoms with Crippen molar-refractivity contribution in [2.45, 2.75) is 26.5 Å². The Morgan fingerprint density at radius 3 is 2.52 bits per heavy atom. The van der Waals surface area contributed by atoms with Gasteiger partial charge in [-0.2, -0.15) is 0 Å². The van der Waals surface area contributed by atoms with E-state index in [9.17, 15) is 0 Å². The Kier molecular flexibility index (Phi) is 5.11. The molecular formula is C19H19N3O3. The van der Waals surface area contributed by atoms with E-state index in [4.69, 9.17) is 19.4 Å². The Bertz CT molecular complexity index is 896. The molecule has 3 aromatic rings. The van der Waals surface area contributed by atoms with Crippen molar-refractivity contribution in [2.75, 3.05) is 6.61 Å². The van der Waals surface area contributed by atoms with Crippen LogP contribution in [-0.2, 0) is 6.61 Å². The molecule has 0 fully saturated rings. The van der Waals surface area contributed by atoms with E-state index >= 15 is 0 Å². The van der Waals surface area contributed by atoms with E-state index in [0.29, 0.717) is 13.2 Å². The second kappa shape index (κ2) is 7.64. The first-order valence-corrected chi connectivity index (χ1v) is 8.11. The number of azide groups is 1. The Hall–Kier alpha value is -3.11. The lowest BCUT2D eigenvalue weighted by atomic mass is 10.1. The Balaban J connectivity index is 1.71. The summed E-state index contributed by atoms with van der Waals surface area (Å²) in [6.45, 7) is 4.87. The molecule has 0 spiro atoms. The van der Waals surface area contributed by atoms with Crippen LogP contribution in [0.4, 0.5) is 0 Å².